The lowest BCUT2D eigenvalue weighted by atomic mass is 10.0. The first kappa shape index (κ1) is 28.8. The number of ether oxygens (including phenoxy) is 2. The summed E-state index contributed by atoms with van der Waals surface area (Å²) in [5.74, 6) is -7.04. The predicted molar refractivity (Wildman–Crippen MR) is 135 cm³/mol. The second-order valence-corrected chi connectivity index (χ2v) is 8.83. The molecular formula is C29H25F5N2O4. The lowest BCUT2D eigenvalue weighted by Gasteiger charge is -2.20. The Balaban J connectivity index is 1.36. The Bertz CT molecular complexity index is 1460. The van der Waals surface area contributed by atoms with E-state index in [0.29, 0.717) is 36.0 Å². The molecule has 1 N–H and O–H groups in total. The first-order valence-electron chi connectivity index (χ1n) is 12.2. The first-order chi connectivity index (χ1) is 19.2. The Kier molecular flexibility index (Phi) is 9.15. The number of carbonyl (C=O) groups excluding carboxylic acids is 1. The maximum atomic E-state index is 14.8. The Morgan fingerprint density at radius 3 is 2.38 bits per heavy atom. The SMILES string of the molecule is COC(=O)C(Cc1ccc(OCCc2nc(-c3ccccc3)oc2C)cc1)NC(F)c1cc(F)c(F)c(F)c1F. The number of methoxy groups -OCH3 is 1. The van der Waals surface area contributed by atoms with Crippen LogP contribution < -0.4 is 10.1 Å². The number of rotatable bonds is 11. The zero-order chi connectivity index (χ0) is 28.8. The number of hydrogen-bond donors (Lipinski definition) is 1. The second kappa shape index (κ2) is 12.7. The summed E-state index contributed by atoms with van der Waals surface area (Å²) in [5.41, 5.74) is 1.07. The molecular weight excluding hydrogens is 535 g/mol. The number of nitrogens with zero attached hydrogens (tertiary/aromatic N) is 1. The fraction of sp³-hybridized carbons (Fsp3) is 0.241. The van der Waals surface area contributed by atoms with Gasteiger partial charge < -0.3 is 13.9 Å². The molecule has 0 saturated carbocycles. The summed E-state index contributed by atoms with van der Waals surface area (Å²) in [6.45, 7) is 2.14. The Hall–Kier alpha value is -4.25. The van der Waals surface area contributed by atoms with E-state index in [9.17, 15) is 26.7 Å². The number of alkyl halides is 1. The number of nitrogens with one attached hydrogen (secondary N) is 1. The fourth-order valence-corrected chi connectivity index (χ4v) is 3.98. The number of esters is 1. The molecule has 6 nitrogen and oxygen atoms in total. The van der Waals surface area contributed by atoms with E-state index in [0.717, 1.165) is 18.4 Å². The average Bonchev–Trinajstić information content (AvgIpc) is 3.34. The van der Waals surface area contributed by atoms with Crippen LogP contribution in [0.2, 0.25) is 0 Å². The van der Waals surface area contributed by atoms with Gasteiger partial charge in [-0.2, -0.15) is 0 Å². The standard InChI is InChI=1S/C29H25F5N2O4/c1-16-22(36-28(40-16)18-6-4-3-5-7-18)12-13-39-19-10-8-17(9-11-19)14-23(29(37)38-2)35-27(34)20-15-21(30)25(32)26(33)24(20)31/h3-11,15,23,27,35H,12-14H2,1-2H3. The van der Waals surface area contributed by atoms with E-state index in [1.54, 1.807) is 24.3 Å². The molecule has 0 aliphatic heterocycles. The minimum Gasteiger partial charge on any atom is -0.493 e. The van der Waals surface area contributed by atoms with Crippen LogP contribution in [0.3, 0.4) is 0 Å². The van der Waals surface area contributed by atoms with Crippen LogP contribution in [-0.2, 0) is 22.4 Å². The smallest absolute Gasteiger partial charge is 0.323 e. The molecule has 4 aromatic rings. The normalized spacial score (nSPS) is 12.7. The lowest BCUT2D eigenvalue weighted by Crippen LogP contribution is -2.40. The molecule has 1 heterocycles. The van der Waals surface area contributed by atoms with Gasteiger partial charge in [0.25, 0.3) is 0 Å². The second-order valence-electron chi connectivity index (χ2n) is 8.83. The van der Waals surface area contributed by atoms with Gasteiger partial charge in [0.15, 0.2) is 29.6 Å². The molecule has 11 heteroatoms. The van der Waals surface area contributed by atoms with E-state index in [2.05, 4.69) is 15.0 Å². The summed E-state index contributed by atoms with van der Waals surface area (Å²) in [7, 11) is 1.07. The monoisotopic (exact) mass is 560 g/mol. The van der Waals surface area contributed by atoms with Crippen LogP contribution >= 0.6 is 0 Å². The topological polar surface area (TPSA) is 73.6 Å². The summed E-state index contributed by atoms with van der Waals surface area (Å²) in [6.07, 6.45) is -2.14. The van der Waals surface area contributed by atoms with Gasteiger partial charge in [-0.3, -0.25) is 10.1 Å². The molecule has 0 fully saturated rings. The molecule has 40 heavy (non-hydrogen) atoms. The number of benzene rings is 3. The number of hydrogen-bond acceptors (Lipinski definition) is 6. The maximum Gasteiger partial charge on any atom is 0.323 e. The molecule has 3 aromatic carbocycles. The van der Waals surface area contributed by atoms with Crippen molar-refractivity contribution in [2.75, 3.05) is 13.7 Å². The molecule has 2 unspecified atom stereocenters. The van der Waals surface area contributed by atoms with Crippen molar-refractivity contribution in [3.8, 4) is 17.2 Å². The number of carbonyl (C=O) groups is 1. The van der Waals surface area contributed by atoms with Crippen LogP contribution in [0.4, 0.5) is 22.0 Å². The minimum absolute atomic E-state index is 0.110. The highest BCUT2D eigenvalue weighted by molar-refractivity contribution is 5.76. The van der Waals surface area contributed by atoms with Gasteiger partial charge in [-0.15, -0.1) is 0 Å². The van der Waals surface area contributed by atoms with Crippen LogP contribution in [0.25, 0.3) is 11.5 Å². The third-order valence-electron chi connectivity index (χ3n) is 6.12. The van der Waals surface area contributed by atoms with E-state index in [4.69, 9.17) is 9.15 Å². The maximum absolute atomic E-state index is 14.8. The molecule has 0 aliphatic carbocycles. The van der Waals surface area contributed by atoms with Crippen molar-refractivity contribution >= 4 is 5.97 Å². The van der Waals surface area contributed by atoms with Crippen molar-refractivity contribution in [1.82, 2.24) is 10.3 Å². The molecule has 4 rings (SSSR count). The van der Waals surface area contributed by atoms with Crippen molar-refractivity contribution in [2.45, 2.75) is 32.1 Å². The van der Waals surface area contributed by atoms with Gasteiger partial charge in [0.1, 0.15) is 17.6 Å². The molecule has 0 saturated heterocycles. The van der Waals surface area contributed by atoms with Crippen LogP contribution in [0.5, 0.6) is 5.75 Å². The van der Waals surface area contributed by atoms with Crippen molar-refractivity contribution in [2.24, 2.45) is 0 Å². The Labute approximate surface area is 226 Å². The molecule has 0 bridgehead atoms. The summed E-state index contributed by atoms with van der Waals surface area (Å²) >= 11 is 0. The molecule has 210 valence electrons. The van der Waals surface area contributed by atoms with Crippen LogP contribution in [0.1, 0.15) is 28.9 Å². The van der Waals surface area contributed by atoms with Gasteiger partial charge >= 0.3 is 5.97 Å². The lowest BCUT2D eigenvalue weighted by molar-refractivity contribution is -0.143. The molecule has 1 aromatic heterocycles. The highest BCUT2D eigenvalue weighted by Crippen LogP contribution is 2.26. The zero-order valence-corrected chi connectivity index (χ0v) is 21.5. The Morgan fingerprint density at radius 2 is 1.70 bits per heavy atom. The largest absolute Gasteiger partial charge is 0.493 e. The average molecular weight is 561 g/mol. The number of halogens is 5. The van der Waals surface area contributed by atoms with Crippen LogP contribution in [-0.4, -0.2) is 30.7 Å². The first-order valence-corrected chi connectivity index (χ1v) is 12.2. The highest BCUT2D eigenvalue weighted by atomic mass is 19.2. The quantitative estimate of drug-likeness (QED) is 0.0778. The minimum atomic E-state index is -2.53. The van der Waals surface area contributed by atoms with Crippen molar-refractivity contribution in [3.05, 3.63) is 107 Å². The van der Waals surface area contributed by atoms with E-state index in [1.807, 2.05) is 37.3 Å². The van der Waals surface area contributed by atoms with E-state index < -0.39 is 47.1 Å². The van der Waals surface area contributed by atoms with Crippen LogP contribution in [0, 0.1) is 30.2 Å². The fourth-order valence-electron chi connectivity index (χ4n) is 3.98. The summed E-state index contributed by atoms with van der Waals surface area (Å²) in [6, 6.07) is 14.9. The van der Waals surface area contributed by atoms with Gasteiger partial charge in [0, 0.05) is 17.5 Å². The molecule has 0 amide bonds. The predicted octanol–water partition coefficient (Wildman–Crippen LogP) is 6.17. The Morgan fingerprint density at radius 1 is 1.00 bits per heavy atom. The van der Waals surface area contributed by atoms with Gasteiger partial charge in [-0.05, 0) is 49.2 Å². The number of aryl methyl sites for hydroxylation is 1. The molecule has 0 aliphatic rings. The van der Waals surface area contributed by atoms with E-state index >= 15 is 0 Å². The summed E-state index contributed by atoms with van der Waals surface area (Å²) in [4.78, 5) is 16.8. The number of oxazole rings is 1. The van der Waals surface area contributed by atoms with Gasteiger partial charge in [0.05, 0.1) is 19.4 Å². The highest BCUT2D eigenvalue weighted by Gasteiger charge is 2.29. The third kappa shape index (κ3) is 6.66. The van der Waals surface area contributed by atoms with Gasteiger partial charge in [0.2, 0.25) is 5.89 Å². The summed E-state index contributed by atoms with van der Waals surface area (Å²) < 4.78 is 85.3. The van der Waals surface area contributed by atoms with Gasteiger partial charge in [-0.1, -0.05) is 30.3 Å². The van der Waals surface area contributed by atoms with Crippen molar-refractivity contribution in [3.63, 3.8) is 0 Å². The van der Waals surface area contributed by atoms with Crippen molar-refractivity contribution < 1.29 is 40.6 Å². The van der Waals surface area contributed by atoms with Crippen molar-refractivity contribution in [1.29, 1.82) is 0 Å². The molecule has 0 radical (unpaired) electrons. The summed E-state index contributed by atoms with van der Waals surface area (Å²) in [5, 5.41) is 2.15. The van der Waals surface area contributed by atoms with E-state index in [-0.39, 0.29) is 12.5 Å². The van der Waals surface area contributed by atoms with E-state index in [1.165, 1.54) is 0 Å². The zero-order valence-electron chi connectivity index (χ0n) is 21.5. The third-order valence-corrected chi connectivity index (χ3v) is 6.12. The van der Waals surface area contributed by atoms with Gasteiger partial charge in [-0.25, -0.2) is 26.9 Å². The number of aromatic nitrogens is 1. The molecule has 2 atom stereocenters. The molecule has 0 spiro atoms. The van der Waals surface area contributed by atoms with Crippen LogP contribution in [0.15, 0.2) is 65.1 Å².